The fourth-order valence-corrected chi connectivity index (χ4v) is 11.6. The van der Waals surface area contributed by atoms with E-state index in [1.807, 2.05) is 0 Å². The molecule has 3 aliphatic rings. The highest BCUT2D eigenvalue weighted by Gasteiger charge is 2.55. The first-order valence-corrected chi connectivity index (χ1v) is 23.1. The van der Waals surface area contributed by atoms with Crippen molar-refractivity contribution in [1.82, 2.24) is 4.57 Å². The smallest absolute Gasteiger partial charge is 0.132 e. The first-order valence-electron chi connectivity index (χ1n) is 23.1. The number of aromatic nitrogens is 1. The van der Waals surface area contributed by atoms with E-state index in [2.05, 4.69) is 230 Å². The zero-order valence-corrected chi connectivity index (χ0v) is 36.6. The summed E-state index contributed by atoms with van der Waals surface area (Å²) < 4.78 is 9.77. The number of aryl methyl sites for hydroxylation is 2. The van der Waals surface area contributed by atoms with Crippen molar-refractivity contribution >= 4 is 50.9 Å². The van der Waals surface area contributed by atoms with Gasteiger partial charge < -0.3 is 13.9 Å². The minimum atomic E-state index is -0.651. The van der Waals surface area contributed by atoms with E-state index in [9.17, 15) is 0 Å². The van der Waals surface area contributed by atoms with Crippen LogP contribution in [0.15, 0.2) is 199 Å². The summed E-state index contributed by atoms with van der Waals surface area (Å²) in [5.41, 5.74) is 20.2. The molecule has 0 saturated heterocycles. The molecule has 0 bridgehead atoms. The number of para-hydroxylation sites is 2. The van der Waals surface area contributed by atoms with Gasteiger partial charge in [0.05, 0.1) is 11.2 Å². The molecule has 0 fully saturated rings. The Morgan fingerprint density at radius 1 is 0.631 bits per heavy atom. The number of allylic oxidation sites excluding steroid dienone is 2. The highest BCUT2D eigenvalue weighted by Crippen LogP contribution is 2.65. The van der Waals surface area contributed by atoms with Gasteiger partial charge in [0, 0.05) is 51.1 Å². The van der Waals surface area contributed by atoms with Gasteiger partial charge in [-0.1, -0.05) is 153 Å². The Labute approximate surface area is 379 Å². The van der Waals surface area contributed by atoms with E-state index in [0.717, 1.165) is 47.8 Å². The van der Waals surface area contributed by atoms with Gasteiger partial charge in [-0.05, 0) is 136 Å². The van der Waals surface area contributed by atoms with Crippen LogP contribution in [0.25, 0.3) is 72.9 Å². The third kappa shape index (κ3) is 5.36. The normalized spacial score (nSPS) is 15.4. The molecule has 8 aromatic carbocycles. The summed E-state index contributed by atoms with van der Waals surface area (Å²) >= 11 is 0. The molecule has 0 N–H and O–H groups in total. The predicted molar refractivity (Wildman–Crippen MR) is 271 cm³/mol. The van der Waals surface area contributed by atoms with Crippen LogP contribution in [0.1, 0.15) is 65.3 Å². The number of rotatable bonds is 7. The number of benzene rings is 8. The molecule has 0 amide bonds. The molecule has 2 aromatic heterocycles. The van der Waals surface area contributed by atoms with Crippen molar-refractivity contribution in [3.63, 3.8) is 0 Å². The second-order valence-corrected chi connectivity index (χ2v) is 17.7. The van der Waals surface area contributed by atoms with E-state index >= 15 is 0 Å². The average molecular weight is 835 g/mol. The highest BCUT2D eigenvalue weighted by molar-refractivity contribution is 6.02. The summed E-state index contributed by atoms with van der Waals surface area (Å²) in [6.07, 6.45) is 12.0. The van der Waals surface area contributed by atoms with E-state index < -0.39 is 5.41 Å². The van der Waals surface area contributed by atoms with E-state index in [1.54, 1.807) is 0 Å². The van der Waals surface area contributed by atoms with Crippen LogP contribution in [0.5, 0.6) is 0 Å². The van der Waals surface area contributed by atoms with Crippen LogP contribution in [0.3, 0.4) is 0 Å². The summed E-state index contributed by atoms with van der Waals surface area (Å²) in [5.74, 6) is 2.03. The van der Waals surface area contributed by atoms with Gasteiger partial charge in [-0.2, -0.15) is 0 Å². The van der Waals surface area contributed by atoms with Gasteiger partial charge in [-0.15, -0.1) is 0 Å². The van der Waals surface area contributed by atoms with Crippen molar-refractivity contribution in [2.24, 2.45) is 0 Å². The Morgan fingerprint density at radius 3 is 2.23 bits per heavy atom. The van der Waals surface area contributed by atoms with Crippen molar-refractivity contribution < 1.29 is 4.42 Å². The van der Waals surface area contributed by atoms with Gasteiger partial charge in [-0.3, -0.25) is 0 Å². The van der Waals surface area contributed by atoms with Crippen molar-refractivity contribution in [1.29, 1.82) is 0 Å². The molecular weight excluding hydrogens is 789 g/mol. The Kier molecular flexibility index (Phi) is 8.45. The van der Waals surface area contributed by atoms with Gasteiger partial charge in [-0.25, -0.2) is 0 Å². The maximum atomic E-state index is 7.33. The molecule has 0 radical (unpaired) electrons. The average Bonchev–Trinajstić information content (AvgIpc) is 4.08. The van der Waals surface area contributed by atoms with E-state index in [-0.39, 0.29) is 0 Å². The molecule has 1 atom stereocenters. The van der Waals surface area contributed by atoms with Gasteiger partial charge in [0.2, 0.25) is 0 Å². The number of hydrogen-bond donors (Lipinski definition) is 0. The lowest BCUT2D eigenvalue weighted by molar-refractivity contribution is 0.440. The Balaban J connectivity index is 1.02. The maximum absolute atomic E-state index is 7.33. The first kappa shape index (κ1) is 37.7. The summed E-state index contributed by atoms with van der Waals surface area (Å²) in [7, 11) is 0. The minimum Gasteiger partial charge on any atom is -0.463 e. The van der Waals surface area contributed by atoms with Gasteiger partial charge in [0.1, 0.15) is 16.9 Å². The molecule has 1 spiro atoms. The SMILES string of the molecule is C/C=C\c1c(CC)oc2c1-c1cc(N(c3ccccc3)c3cccc4ccccc34)ccc1C21c2ccccc2-c2ccc(-c3ccc(-n4c5c(c6ccccc64)CCC=C5)cc3)cc21. The summed E-state index contributed by atoms with van der Waals surface area (Å²) in [6.45, 7) is 4.32. The van der Waals surface area contributed by atoms with Crippen LogP contribution in [0, 0.1) is 0 Å². The standard InChI is InChI=1S/C62H46N2O/c1-3-17-51-59(4-2)65-61-60(51)52-39-45(63(43-20-6-5-7-21-43)56-29-16-19-41-18-8-9-22-46(41)56)35-37-54(52)62(61)53-26-13-10-23-47(53)48-36-32-42(38-55(48)62)40-30-33-44(34-31-40)64-57-27-14-11-24-49(57)50-25-12-15-28-58(50)64/h3,5-11,13-24,26-39H,4,12,25H2,1-2H3/b17-3-. The Bertz CT molecular complexity index is 3590. The monoisotopic (exact) mass is 834 g/mol. The van der Waals surface area contributed by atoms with Crippen molar-refractivity contribution in [3.05, 3.63) is 239 Å². The van der Waals surface area contributed by atoms with Crippen molar-refractivity contribution in [2.45, 2.75) is 38.5 Å². The molecule has 10 aromatic rings. The third-order valence-electron chi connectivity index (χ3n) is 14.3. The second kappa shape index (κ2) is 14.6. The zero-order valence-electron chi connectivity index (χ0n) is 36.6. The number of hydrogen-bond acceptors (Lipinski definition) is 2. The molecule has 65 heavy (non-hydrogen) atoms. The number of fused-ring (bicyclic) bond motifs is 14. The molecule has 3 nitrogen and oxygen atoms in total. The van der Waals surface area contributed by atoms with E-state index in [4.69, 9.17) is 4.42 Å². The lowest BCUT2D eigenvalue weighted by Crippen LogP contribution is -2.25. The van der Waals surface area contributed by atoms with Crippen molar-refractivity contribution in [2.75, 3.05) is 4.90 Å². The second-order valence-electron chi connectivity index (χ2n) is 17.7. The lowest BCUT2D eigenvalue weighted by Gasteiger charge is -2.30. The van der Waals surface area contributed by atoms with Gasteiger partial charge >= 0.3 is 0 Å². The van der Waals surface area contributed by atoms with Gasteiger partial charge in [0.15, 0.2) is 0 Å². The molecule has 13 rings (SSSR count). The number of nitrogens with zero attached hydrogens (tertiary/aromatic N) is 2. The highest BCUT2D eigenvalue weighted by atomic mass is 16.3. The fraction of sp³-hybridized carbons (Fsp3) is 0.0968. The first-order chi connectivity index (χ1) is 32.2. The quantitative estimate of drug-likeness (QED) is 0.159. The molecule has 3 heteroatoms. The zero-order chi connectivity index (χ0) is 43.2. The summed E-state index contributed by atoms with van der Waals surface area (Å²) in [4.78, 5) is 2.42. The van der Waals surface area contributed by atoms with Crippen LogP contribution >= 0.6 is 0 Å². The van der Waals surface area contributed by atoms with Crippen LogP contribution < -0.4 is 4.90 Å². The maximum Gasteiger partial charge on any atom is 0.132 e. The lowest BCUT2D eigenvalue weighted by atomic mass is 9.72. The summed E-state index contributed by atoms with van der Waals surface area (Å²) in [6, 6.07) is 67.5. The molecule has 1 unspecified atom stereocenters. The molecular formula is C62H46N2O. The largest absolute Gasteiger partial charge is 0.463 e. The van der Waals surface area contributed by atoms with Crippen LogP contribution in [0.4, 0.5) is 17.1 Å². The van der Waals surface area contributed by atoms with Crippen LogP contribution in [-0.4, -0.2) is 4.57 Å². The molecule has 2 heterocycles. The number of furan rings is 1. The third-order valence-corrected chi connectivity index (χ3v) is 14.3. The van der Waals surface area contributed by atoms with Crippen LogP contribution in [0.2, 0.25) is 0 Å². The van der Waals surface area contributed by atoms with Crippen LogP contribution in [-0.2, 0) is 18.3 Å². The van der Waals surface area contributed by atoms with Crippen molar-refractivity contribution in [3.8, 4) is 39.1 Å². The van der Waals surface area contributed by atoms with E-state index in [1.165, 1.54) is 94.3 Å². The Morgan fingerprint density at radius 2 is 1.37 bits per heavy atom. The summed E-state index contributed by atoms with van der Waals surface area (Å²) in [5, 5.41) is 3.77. The predicted octanol–water partition coefficient (Wildman–Crippen LogP) is 16.4. The van der Waals surface area contributed by atoms with E-state index in [0.29, 0.717) is 0 Å². The topological polar surface area (TPSA) is 21.3 Å². The number of anilines is 3. The molecule has 0 saturated carbocycles. The van der Waals surface area contributed by atoms with Gasteiger partial charge in [0.25, 0.3) is 0 Å². The fourth-order valence-electron chi connectivity index (χ4n) is 11.6. The molecule has 0 aliphatic heterocycles. The molecule has 310 valence electrons. The molecule has 3 aliphatic carbocycles. The minimum absolute atomic E-state index is 0.651. The Hall–Kier alpha value is -7.88.